The van der Waals surface area contributed by atoms with E-state index in [0.717, 1.165) is 0 Å². The van der Waals surface area contributed by atoms with E-state index in [0.29, 0.717) is 0 Å². The van der Waals surface area contributed by atoms with E-state index in [-0.39, 0.29) is 5.41 Å². The van der Waals surface area contributed by atoms with Crippen molar-refractivity contribution < 1.29 is 9.13 Å². The highest BCUT2D eigenvalue weighted by molar-refractivity contribution is 5.76. The van der Waals surface area contributed by atoms with Gasteiger partial charge < -0.3 is 0 Å². The molecule has 29 heavy (non-hydrogen) atoms. The van der Waals surface area contributed by atoms with Gasteiger partial charge in [-0.2, -0.15) is 9.13 Å². The number of aryl methyl sites for hydroxylation is 2. The highest BCUT2D eigenvalue weighted by Gasteiger charge is 2.28. The van der Waals surface area contributed by atoms with Crippen LogP contribution in [-0.2, 0) is 5.41 Å². The van der Waals surface area contributed by atoms with Crippen LogP contribution >= 0.6 is 0 Å². The van der Waals surface area contributed by atoms with Gasteiger partial charge in [0.25, 0.3) is 0 Å². The molecule has 0 aliphatic heterocycles. The Morgan fingerprint density at radius 3 is 2.10 bits per heavy atom. The lowest BCUT2D eigenvalue weighted by atomic mass is 9.85. The summed E-state index contributed by atoms with van der Waals surface area (Å²) in [6.07, 6.45) is 2.16. The van der Waals surface area contributed by atoms with Crippen LogP contribution in [0.5, 0.6) is 0 Å². The van der Waals surface area contributed by atoms with Crippen molar-refractivity contribution in [2.45, 2.75) is 47.0 Å². The van der Waals surface area contributed by atoms with Gasteiger partial charge in [0.2, 0.25) is 16.9 Å². The Morgan fingerprint density at radius 2 is 1.38 bits per heavy atom. The summed E-state index contributed by atoms with van der Waals surface area (Å²) in [6, 6.07) is 24.1. The van der Waals surface area contributed by atoms with Crippen LogP contribution in [0.3, 0.4) is 0 Å². The van der Waals surface area contributed by atoms with Crippen LogP contribution in [0.2, 0.25) is 0 Å². The fourth-order valence-corrected chi connectivity index (χ4v) is 4.02. The molecule has 4 rings (SSSR count). The van der Waals surface area contributed by atoms with E-state index in [9.17, 15) is 0 Å². The Morgan fingerprint density at radius 1 is 0.690 bits per heavy atom. The van der Waals surface area contributed by atoms with E-state index in [4.69, 9.17) is 0 Å². The van der Waals surface area contributed by atoms with Crippen LogP contribution in [0.15, 0.2) is 72.9 Å². The van der Waals surface area contributed by atoms with Crippen molar-refractivity contribution >= 4 is 10.9 Å². The summed E-state index contributed by atoms with van der Waals surface area (Å²) in [5, 5.41) is 1.25. The SMILES string of the molecule is Cc1c(-[n+]2ccccc2C)cc(C(C)(C)C)cc1-[n+]1c(C)ccc2ccccc21. The second-order valence-electron chi connectivity index (χ2n) is 8.97. The highest BCUT2D eigenvalue weighted by atomic mass is 15.0. The molecular weight excluding hydrogens is 352 g/mol. The van der Waals surface area contributed by atoms with Crippen LogP contribution in [0.1, 0.15) is 43.3 Å². The van der Waals surface area contributed by atoms with Crippen molar-refractivity contribution in [3.05, 3.63) is 95.4 Å². The molecule has 2 nitrogen and oxygen atoms in total. The minimum atomic E-state index is 0.0551. The fourth-order valence-electron chi connectivity index (χ4n) is 4.02. The smallest absolute Gasteiger partial charge is 0.164 e. The molecule has 2 aromatic heterocycles. The van der Waals surface area contributed by atoms with E-state index in [1.54, 1.807) is 0 Å². The second kappa shape index (κ2) is 7.11. The first kappa shape index (κ1) is 19.3. The minimum Gasteiger partial charge on any atom is -0.164 e. The first-order chi connectivity index (χ1) is 13.8. The van der Waals surface area contributed by atoms with Gasteiger partial charge in [0, 0.05) is 55.6 Å². The Balaban J connectivity index is 2.12. The van der Waals surface area contributed by atoms with E-state index < -0.39 is 0 Å². The highest BCUT2D eigenvalue weighted by Crippen LogP contribution is 2.28. The van der Waals surface area contributed by atoms with E-state index in [2.05, 4.69) is 124 Å². The summed E-state index contributed by atoms with van der Waals surface area (Å²) in [7, 11) is 0. The summed E-state index contributed by atoms with van der Waals surface area (Å²) >= 11 is 0. The van der Waals surface area contributed by atoms with Crippen LogP contribution in [0.25, 0.3) is 22.3 Å². The molecule has 2 heterocycles. The zero-order valence-corrected chi connectivity index (χ0v) is 18.3. The third-order valence-corrected chi connectivity index (χ3v) is 5.82. The van der Waals surface area contributed by atoms with E-state index >= 15 is 0 Å². The van der Waals surface area contributed by atoms with Crippen molar-refractivity contribution in [2.75, 3.05) is 0 Å². The summed E-state index contributed by atoms with van der Waals surface area (Å²) in [5.41, 5.74) is 8.86. The van der Waals surface area contributed by atoms with Gasteiger partial charge in [-0.1, -0.05) is 39.0 Å². The maximum absolute atomic E-state index is 2.40. The van der Waals surface area contributed by atoms with Crippen LogP contribution in [0.4, 0.5) is 0 Å². The lowest BCUT2D eigenvalue weighted by Gasteiger charge is -2.20. The van der Waals surface area contributed by atoms with E-state index in [1.165, 1.54) is 44.8 Å². The second-order valence-corrected chi connectivity index (χ2v) is 8.97. The standard InChI is InChI=1S/C27H30N2/c1-19-11-9-10-16-28(19)25-17-23(27(4,5)6)18-26(21(25)3)29-20(2)14-15-22-12-7-8-13-24(22)29/h7-18H,1-6H3/q+2. The molecule has 0 amide bonds. The summed E-state index contributed by atoms with van der Waals surface area (Å²) in [5.74, 6) is 0. The minimum absolute atomic E-state index is 0.0551. The first-order valence-corrected chi connectivity index (χ1v) is 10.3. The molecule has 0 spiro atoms. The molecule has 0 unspecified atom stereocenters. The van der Waals surface area contributed by atoms with Crippen LogP contribution in [-0.4, -0.2) is 0 Å². The molecule has 2 aromatic carbocycles. The van der Waals surface area contributed by atoms with Crippen molar-refractivity contribution in [2.24, 2.45) is 0 Å². The Hall–Kier alpha value is -3.00. The van der Waals surface area contributed by atoms with Gasteiger partial charge in [0.05, 0.1) is 5.56 Å². The van der Waals surface area contributed by atoms with Crippen molar-refractivity contribution in [1.29, 1.82) is 0 Å². The van der Waals surface area contributed by atoms with Crippen molar-refractivity contribution in [3.8, 4) is 11.4 Å². The third kappa shape index (κ3) is 3.44. The van der Waals surface area contributed by atoms with Gasteiger partial charge in [0.15, 0.2) is 17.6 Å². The molecule has 0 saturated heterocycles. The number of rotatable bonds is 2. The molecule has 4 aromatic rings. The lowest BCUT2D eigenvalue weighted by Crippen LogP contribution is -2.40. The monoisotopic (exact) mass is 382 g/mol. The molecule has 0 bridgehead atoms. The van der Waals surface area contributed by atoms with Gasteiger partial charge in [-0.25, -0.2) is 0 Å². The first-order valence-electron chi connectivity index (χ1n) is 10.3. The number of fused-ring (bicyclic) bond motifs is 1. The summed E-state index contributed by atoms with van der Waals surface area (Å²) in [6.45, 7) is 13.5. The molecule has 0 aliphatic rings. The third-order valence-electron chi connectivity index (χ3n) is 5.82. The Labute approximate surface area is 174 Å². The molecule has 0 fully saturated rings. The maximum Gasteiger partial charge on any atom is 0.221 e. The summed E-state index contributed by atoms with van der Waals surface area (Å²) < 4.78 is 4.71. The summed E-state index contributed by atoms with van der Waals surface area (Å²) in [4.78, 5) is 0. The Bertz CT molecular complexity index is 1210. The molecule has 0 atom stereocenters. The molecule has 0 saturated carbocycles. The molecular formula is C27H30N2+2. The maximum atomic E-state index is 2.40. The molecule has 0 aliphatic carbocycles. The van der Waals surface area contributed by atoms with Crippen molar-refractivity contribution in [1.82, 2.24) is 0 Å². The van der Waals surface area contributed by atoms with Crippen molar-refractivity contribution in [3.63, 3.8) is 0 Å². The van der Waals surface area contributed by atoms with Crippen LogP contribution in [0, 0.1) is 20.8 Å². The van der Waals surface area contributed by atoms with Gasteiger partial charge in [-0.05, 0) is 30.0 Å². The number of para-hydroxylation sites is 1. The predicted octanol–water partition coefficient (Wildman–Crippen LogP) is 5.62. The normalized spacial score (nSPS) is 11.8. The average Bonchev–Trinajstić information content (AvgIpc) is 2.68. The zero-order chi connectivity index (χ0) is 20.8. The lowest BCUT2D eigenvalue weighted by molar-refractivity contribution is -0.605. The quantitative estimate of drug-likeness (QED) is 0.398. The van der Waals surface area contributed by atoms with E-state index in [1.807, 2.05) is 0 Å². The number of aromatic nitrogens is 2. The number of hydrogen-bond acceptors (Lipinski definition) is 0. The van der Waals surface area contributed by atoms with Gasteiger partial charge >= 0.3 is 0 Å². The van der Waals surface area contributed by atoms with Gasteiger partial charge in [0.1, 0.15) is 0 Å². The number of pyridine rings is 2. The van der Waals surface area contributed by atoms with Gasteiger partial charge in [-0.15, -0.1) is 0 Å². The molecule has 146 valence electrons. The number of hydrogen-bond donors (Lipinski definition) is 0. The predicted molar refractivity (Wildman–Crippen MR) is 120 cm³/mol. The number of nitrogens with zero attached hydrogens (tertiary/aromatic N) is 2. The molecule has 0 radical (unpaired) electrons. The molecule has 0 N–H and O–H groups in total. The Kier molecular flexibility index (Phi) is 4.74. The zero-order valence-electron chi connectivity index (χ0n) is 18.3. The van der Waals surface area contributed by atoms with Crippen LogP contribution < -0.4 is 9.13 Å². The van der Waals surface area contributed by atoms with Gasteiger partial charge in [-0.3, -0.25) is 0 Å². The number of benzene rings is 2. The fraction of sp³-hybridized carbons (Fsp3) is 0.259. The molecule has 2 heteroatoms. The largest absolute Gasteiger partial charge is 0.221 e. The topological polar surface area (TPSA) is 7.76 Å². The average molecular weight is 383 g/mol.